The largest absolute Gasteiger partial charge is 0.349 e. The second kappa shape index (κ2) is 8.60. The lowest BCUT2D eigenvalue weighted by Crippen LogP contribution is -2.53. The molecule has 1 aliphatic heterocycles. The fraction of sp³-hybridized carbons (Fsp3) is 0.933. The minimum atomic E-state index is -0.210. The molecule has 0 unspecified atom stereocenters. The SMILES string of the molecule is CCN1CCN(CCC(=O)NC(CC)(CC)CN)CC1. The monoisotopic (exact) mass is 284 g/mol. The summed E-state index contributed by atoms with van der Waals surface area (Å²) in [4.78, 5) is 16.9. The van der Waals surface area contributed by atoms with E-state index >= 15 is 0 Å². The van der Waals surface area contributed by atoms with E-state index in [0.29, 0.717) is 13.0 Å². The van der Waals surface area contributed by atoms with Gasteiger partial charge in [0.25, 0.3) is 0 Å². The maximum absolute atomic E-state index is 12.1. The summed E-state index contributed by atoms with van der Waals surface area (Å²) in [6.45, 7) is 13.3. The summed E-state index contributed by atoms with van der Waals surface area (Å²) in [6.07, 6.45) is 2.36. The Morgan fingerprint density at radius 3 is 2.10 bits per heavy atom. The number of likely N-dealkylation sites (N-methyl/N-ethyl adjacent to an activating group) is 1. The van der Waals surface area contributed by atoms with Crippen LogP contribution < -0.4 is 11.1 Å². The van der Waals surface area contributed by atoms with Crippen LogP contribution in [0.3, 0.4) is 0 Å². The second-order valence-corrected chi connectivity index (χ2v) is 5.77. The van der Waals surface area contributed by atoms with Crippen molar-refractivity contribution in [3.05, 3.63) is 0 Å². The van der Waals surface area contributed by atoms with Crippen LogP contribution >= 0.6 is 0 Å². The van der Waals surface area contributed by atoms with Crippen LogP contribution in [0.5, 0.6) is 0 Å². The average Bonchev–Trinajstić information content (AvgIpc) is 2.51. The molecular formula is C15H32N4O. The molecule has 0 atom stereocenters. The van der Waals surface area contributed by atoms with Gasteiger partial charge in [0.15, 0.2) is 0 Å². The first-order valence-electron chi connectivity index (χ1n) is 8.05. The molecule has 5 nitrogen and oxygen atoms in total. The van der Waals surface area contributed by atoms with Gasteiger partial charge in [0.05, 0.1) is 5.54 Å². The zero-order chi connectivity index (χ0) is 15.0. The number of hydrogen-bond acceptors (Lipinski definition) is 4. The molecule has 118 valence electrons. The summed E-state index contributed by atoms with van der Waals surface area (Å²) >= 11 is 0. The molecule has 0 bridgehead atoms. The van der Waals surface area contributed by atoms with Gasteiger partial charge in [-0.1, -0.05) is 20.8 Å². The molecule has 0 aromatic carbocycles. The van der Waals surface area contributed by atoms with Gasteiger partial charge in [-0.15, -0.1) is 0 Å². The number of nitrogens with two attached hydrogens (primary N) is 1. The zero-order valence-electron chi connectivity index (χ0n) is 13.5. The Bertz CT molecular complexity index is 275. The summed E-state index contributed by atoms with van der Waals surface area (Å²) in [6, 6.07) is 0. The van der Waals surface area contributed by atoms with Crippen LogP contribution in [-0.4, -0.2) is 67.1 Å². The van der Waals surface area contributed by atoms with Gasteiger partial charge >= 0.3 is 0 Å². The number of nitrogens with zero attached hydrogens (tertiary/aromatic N) is 2. The highest BCUT2D eigenvalue weighted by Gasteiger charge is 2.26. The first-order valence-corrected chi connectivity index (χ1v) is 8.05. The lowest BCUT2D eigenvalue weighted by molar-refractivity contribution is -0.123. The van der Waals surface area contributed by atoms with Crippen LogP contribution in [0.1, 0.15) is 40.0 Å². The van der Waals surface area contributed by atoms with Gasteiger partial charge in [-0.05, 0) is 19.4 Å². The van der Waals surface area contributed by atoms with E-state index in [1.54, 1.807) is 0 Å². The Hall–Kier alpha value is -0.650. The maximum atomic E-state index is 12.1. The molecule has 0 radical (unpaired) electrons. The molecule has 20 heavy (non-hydrogen) atoms. The Morgan fingerprint density at radius 1 is 1.10 bits per heavy atom. The summed E-state index contributed by atoms with van der Waals surface area (Å²) in [7, 11) is 0. The molecule has 0 spiro atoms. The van der Waals surface area contributed by atoms with Gasteiger partial charge in [0.1, 0.15) is 0 Å². The quantitative estimate of drug-likeness (QED) is 0.687. The minimum Gasteiger partial charge on any atom is -0.349 e. The maximum Gasteiger partial charge on any atom is 0.221 e. The molecule has 1 amide bonds. The smallest absolute Gasteiger partial charge is 0.221 e. The molecule has 5 heteroatoms. The molecule has 0 aromatic heterocycles. The lowest BCUT2D eigenvalue weighted by Gasteiger charge is -2.35. The summed E-state index contributed by atoms with van der Waals surface area (Å²) < 4.78 is 0. The minimum absolute atomic E-state index is 0.136. The van der Waals surface area contributed by atoms with Gasteiger partial charge in [0, 0.05) is 45.7 Å². The number of carbonyl (C=O) groups excluding carboxylic acids is 1. The molecule has 0 aliphatic carbocycles. The van der Waals surface area contributed by atoms with Crippen molar-refractivity contribution in [3.63, 3.8) is 0 Å². The fourth-order valence-corrected chi connectivity index (χ4v) is 2.71. The van der Waals surface area contributed by atoms with Crippen molar-refractivity contribution in [2.75, 3.05) is 45.8 Å². The molecule has 1 fully saturated rings. The molecule has 1 heterocycles. The van der Waals surface area contributed by atoms with Crippen LogP contribution in [0.4, 0.5) is 0 Å². The molecule has 1 saturated heterocycles. The Balaban J connectivity index is 2.30. The zero-order valence-corrected chi connectivity index (χ0v) is 13.5. The highest BCUT2D eigenvalue weighted by atomic mass is 16.1. The van der Waals surface area contributed by atoms with E-state index in [1.165, 1.54) is 0 Å². The highest BCUT2D eigenvalue weighted by molar-refractivity contribution is 5.77. The van der Waals surface area contributed by atoms with E-state index in [9.17, 15) is 4.79 Å². The first kappa shape index (κ1) is 17.4. The predicted molar refractivity (Wildman–Crippen MR) is 83.7 cm³/mol. The van der Waals surface area contributed by atoms with Crippen LogP contribution in [0.15, 0.2) is 0 Å². The summed E-state index contributed by atoms with van der Waals surface area (Å²) in [5.74, 6) is 0.136. The average molecular weight is 284 g/mol. The van der Waals surface area contributed by atoms with E-state index in [0.717, 1.165) is 52.1 Å². The Morgan fingerprint density at radius 2 is 1.65 bits per heavy atom. The highest BCUT2D eigenvalue weighted by Crippen LogP contribution is 2.13. The number of rotatable bonds is 8. The van der Waals surface area contributed by atoms with Crippen molar-refractivity contribution >= 4 is 5.91 Å². The van der Waals surface area contributed by atoms with Gasteiger partial charge in [-0.3, -0.25) is 4.79 Å². The van der Waals surface area contributed by atoms with Crippen molar-refractivity contribution in [1.29, 1.82) is 0 Å². The number of amides is 1. The van der Waals surface area contributed by atoms with Gasteiger partial charge in [-0.2, -0.15) is 0 Å². The van der Waals surface area contributed by atoms with E-state index in [4.69, 9.17) is 5.73 Å². The van der Waals surface area contributed by atoms with Crippen molar-refractivity contribution in [2.45, 2.75) is 45.6 Å². The fourth-order valence-electron chi connectivity index (χ4n) is 2.71. The van der Waals surface area contributed by atoms with Crippen LogP contribution in [0, 0.1) is 0 Å². The van der Waals surface area contributed by atoms with Crippen molar-refractivity contribution in [3.8, 4) is 0 Å². The van der Waals surface area contributed by atoms with E-state index in [2.05, 4.69) is 35.9 Å². The molecule has 0 aromatic rings. The van der Waals surface area contributed by atoms with Crippen LogP contribution in [-0.2, 0) is 4.79 Å². The third kappa shape index (κ3) is 5.04. The van der Waals surface area contributed by atoms with Crippen LogP contribution in [0.2, 0.25) is 0 Å². The third-order valence-electron chi connectivity index (χ3n) is 4.72. The summed E-state index contributed by atoms with van der Waals surface area (Å²) in [5, 5.41) is 3.14. The first-order chi connectivity index (χ1) is 9.59. The number of piperazine rings is 1. The van der Waals surface area contributed by atoms with E-state index < -0.39 is 0 Å². The van der Waals surface area contributed by atoms with Crippen molar-refractivity contribution < 1.29 is 4.79 Å². The lowest BCUT2D eigenvalue weighted by atomic mass is 9.93. The number of carbonyl (C=O) groups is 1. The van der Waals surface area contributed by atoms with Gasteiger partial charge in [0.2, 0.25) is 5.91 Å². The Kier molecular flexibility index (Phi) is 7.48. The standard InChI is InChI=1S/C15H32N4O/c1-4-15(5-2,13-16)17-14(20)7-8-19-11-9-18(6-3)10-12-19/h4-13,16H2,1-3H3,(H,17,20). The third-order valence-corrected chi connectivity index (χ3v) is 4.72. The number of nitrogens with one attached hydrogen (secondary N) is 1. The normalized spacial score (nSPS) is 18.2. The molecule has 1 rings (SSSR count). The van der Waals surface area contributed by atoms with E-state index in [-0.39, 0.29) is 11.4 Å². The van der Waals surface area contributed by atoms with Gasteiger partial charge in [-0.25, -0.2) is 0 Å². The van der Waals surface area contributed by atoms with Gasteiger partial charge < -0.3 is 20.9 Å². The number of hydrogen-bond donors (Lipinski definition) is 2. The van der Waals surface area contributed by atoms with Crippen molar-refractivity contribution in [1.82, 2.24) is 15.1 Å². The molecule has 0 saturated carbocycles. The van der Waals surface area contributed by atoms with Crippen molar-refractivity contribution in [2.24, 2.45) is 5.73 Å². The van der Waals surface area contributed by atoms with Crippen LogP contribution in [0.25, 0.3) is 0 Å². The molecular weight excluding hydrogens is 252 g/mol. The summed E-state index contributed by atoms with van der Waals surface area (Å²) in [5.41, 5.74) is 5.61. The predicted octanol–water partition coefficient (Wildman–Crippen LogP) is 0.648. The topological polar surface area (TPSA) is 61.6 Å². The molecule has 1 aliphatic rings. The van der Waals surface area contributed by atoms with E-state index in [1.807, 2.05) is 0 Å². The Labute approximate surface area is 123 Å². The molecule has 3 N–H and O–H groups in total. The second-order valence-electron chi connectivity index (χ2n) is 5.77.